The molecule has 3 aromatic rings. The number of carbonyl (C=O) groups excluding carboxylic acids is 1. The van der Waals surface area contributed by atoms with Gasteiger partial charge < -0.3 is 14.8 Å². The van der Waals surface area contributed by atoms with Gasteiger partial charge in [-0.05, 0) is 24.6 Å². The molecule has 8 heteroatoms. The molecule has 0 fully saturated rings. The van der Waals surface area contributed by atoms with Gasteiger partial charge in [0.05, 0.1) is 24.9 Å². The number of carbonyl (C=O) groups is 1. The van der Waals surface area contributed by atoms with Crippen LogP contribution in [0.2, 0.25) is 5.02 Å². The molecule has 26 heavy (non-hydrogen) atoms. The lowest BCUT2D eigenvalue weighted by Gasteiger charge is -2.13. The summed E-state index contributed by atoms with van der Waals surface area (Å²) >= 11 is 6.10. The van der Waals surface area contributed by atoms with E-state index < -0.39 is 11.5 Å². The highest BCUT2D eigenvalue weighted by Gasteiger charge is 2.17. The second-order valence-corrected chi connectivity index (χ2v) is 5.96. The van der Waals surface area contributed by atoms with E-state index in [0.717, 1.165) is 5.56 Å². The number of nitrogens with zero attached hydrogens (tertiary/aromatic N) is 2. The summed E-state index contributed by atoms with van der Waals surface area (Å²) in [6, 6.07) is 6.59. The predicted molar refractivity (Wildman–Crippen MR) is 98.7 cm³/mol. The van der Waals surface area contributed by atoms with Crippen molar-refractivity contribution in [2.45, 2.75) is 6.92 Å². The van der Waals surface area contributed by atoms with E-state index in [9.17, 15) is 9.59 Å². The van der Waals surface area contributed by atoms with E-state index in [2.05, 4.69) is 10.3 Å². The maximum atomic E-state index is 12.6. The Balaban J connectivity index is 2.01. The zero-order valence-corrected chi connectivity index (χ0v) is 15.1. The summed E-state index contributed by atoms with van der Waals surface area (Å²) in [6.07, 6.45) is 2.88. The quantitative estimate of drug-likeness (QED) is 0.760. The van der Waals surface area contributed by atoms with Gasteiger partial charge in [-0.15, -0.1) is 0 Å². The first-order valence-corrected chi connectivity index (χ1v) is 8.03. The molecule has 0 spiro atoms. The molecule has 0 saturated carbocycles. The Morgan fingerprint density at radius 2 is 1.92 bits per heavy atom. The third kappa shape index (κ3) is 3.21. The average Bonchev–Trinajstić information content (AvgIpc) is 2.62. The number of halogens is 1. The maximum absolute atomic E-state index is 12.6. The first-order valence-electron chi connectivity index (χ1n) is 7.65. The van der Waals surface area contributed by atoms with E-state index in [1.54, 1.807) is 18.3 Å². The Morgan fingerprint density at radius 1 is 1.19 bits per heavy atom. The fraction of sp³-hybridized carbons (Fsp3) is 0.167. The molecule has 0 saturated heterocycles. The van der Waals surface area contributed by atoms with Crippen LogP contribution in [-0.4, -0.2) is 29.5 Å². The van der Waals surface area contributed by atoms with Gasteiger partial charge in [-0.3, -0.25) is 14.0 Å². The van der Waals surface area contributed by atoms with Crippen LogP contribution in [0.25, 0.3) is 5.65 Å². The Morgan fingerprint density at radius 3 is 2.62 bits per heavy atom. The van der Waals surface area contributed by atoms with E-state index in [-0.39, 0.29) is 5.56 Å². The Bertz CT molecular complexity index is 1060. The second kappa shape index (κ2) is 7.05. The summed E-state index contributed by atoms with van der Waals surface area (Å²) in [5.41, 5.74) is 1.10. The summed E-state index contributed by atoms with van der Waals surface area (Å²) in [5, 5.41) is 2.93. The summed E-state index contributed by atoms with van der Waals surface area (Å²) in [7, 11) is 2.93. The van der Waals surface area contributed by atoms with Crippen molar-refractivity contribution in [2.75, 3.05) is 19.5 Å². The Kier molecular flexibility index (Phi) is 4.81. The number of ether oxygens (including phenoxy) is 2. The lowest BCUT2D eigenvalue weighted by molar-refractivity contribution is 0.102. The van der Waals surface area contributed by atoms with Gasteiger partial charge in [-0.2, -0.15) is 0 Å². The monoisotopic (exact) mass is 373 g/mol. The highest BCUT2D eigenvalue weighted by atomic mass is 35.5. The highest BCUT2D eigenvalue weighted by molar-refractivity contribution is 6.32. The molecule has 0 aliphatic carbocycles. The zero-order chi connectivity index (χ0) is 18.8. The third-order valence-corrected chi connectivity index (χ3v) is 4.11. The van der Waals surface area contributed by atoms with Gasteiger partial charge in [-0.25, -0.2) is 4.98 Å². The van der Waals surface area contributed by atoms with E-state index in [0.29, 0.717) is 27.9 Å². The van der Waals surface area contributed by atoms with E-state index in [4.69, 9.17) is 21.1 Å². The standard InChI is InChI=1S/C18H16ClN3O4/c1-10-4-5-16-20-8-11(18(24)22(16)9-10)17(23)21-13-6-12(19)14(25-2)7-15(13)26-3/h4-9H,1-3H3,(H,21,23). The van der Waals surface area contributed by atoms with Crippen LogP contribution in [0.4, 0.5) is 5.69 Å². The van der Waals surface area contributed by atoms with Gasteiger partial charge in [-0.1, -0.05) is 17.7 Å². The molecule has 0 atom stereocenters. The number of fused-ring (bicyclic) bond motifs is 1. The van der Waals surface area contributed by atoms with Gasteiger partial charge in [0.2, 0.25) is 0 Å². The Labute approximate surface area is 154 Å². The molecule has 1 amide bonds. The van der Waals surface area contributed by atoms with Crippen LogP contribution >= 0.6 is 11.6 Å². The SMILES string of the molecule is COc1cc(OC)c(NC(=O)c2cnc3ccc(C)cn3c2=O)cc1Cl. The van der Waals surface area contributed by atoms with Crippen LogP contribution in [0.5, 0.6) is 11.5 Å². The number of amides is 1. The van der Waals surface area contributed by atoms with Gasteiger partial charge in [0.25, 0.3) is 11.5 Å². The fourth-order valence-electron chi connectivity index (χ4n) is 2.49. The van der Waals surface area contributed by atoms with Crippen molar-refractivity contribution in [3.05, 3.63) is 63.2 Å². The number of benzene rings is 1. The van der Waals surface area contributed by atoms with Crippen LogP contribution in [0, 0.1) is 6.92 Å². The van der Waals surface area contributed by atoms with Crippen molar-refractivity contribution in [3.63, 3.8) is 0 Å². The number of hydrogen-bond donors (Lipinski definition) is 1. The fourth-order valence-corrected chi connectivity index (χ4v) is 2.73. The molecule has 2 aromatic heterocycles. The summed E-state index contributed by atoms with van der Waals surface area (Å²) in [4.78, 5) is 29.4. The normalized spacial score (nSPS) is 10.6. The van der Waals surface area contributed by atoms with Crippen molar-refractivity contribution in [1.82, 2.24) is 9.38 Å². The first kappa shape index (κ1) is 17.8. The molecule has 1 aromatic carbocycles. The van der Waals surface area contributed by atoms with E-state index >= 15 is 0 Å². The molecule has 0 bridgehead atoms. The lowest BCUT2D eigenvalue weighted by Crippen LogP contribution is -2.27. The number of hydrogen-bond acceptors (Lipinski definition) is 5. The Hall–Kier alpha value is -3.06. The maximum Gasteiger partial charge on any atom is 0.270 e. The lowest BCUT2D eigenvalue weighted by atomic mass is 10.2. The predicted octanol–water partition coefficient (Wildman–Crippen LogP) is 2.93. The summed E-state index contributed by atoms with van der Waals surface area (Å²) < 4.78 is 11.7. The summed E-state index contributed by atoms with van der Waals surface area (Å²) in [5.74, 6) is 0.145. The number of pyridine rings is 1. The van der Waals surface area contributed by atoms with Crippen LogP contribution in [0.15, 0.2) is 41.5 Å². The van der Waals surface area contributed by atoms with Gasteiger partial charge >= 0.3 is 0 Å². The number of methoxy groups -OCH3 is 2. The van der Waals surface area contributed by atoms with Crippen LogP contribution in [-0.2, 0) is 0 Å². The van der Waals surface area contributed by atoms with Crippen molar-refractivity contribution in [3.8, 4) is 11.5 Å². The van der Waals surface area contributed by atoms with Crippen LogP contribution in [0.3, 0.4) is 0 Å². The average molecular weight is 374 g/mol. The molecular weight excluding hydrogens is 358 g/mol. The van der Waals surface area contributed by atoms with Gasteiger partial charge in [0.1, 0.15) is 22.7 Å². The zero-order valence-electron chi connectivity index (χ0n) is 14.4. The highest BCUT2D eigenvalue weighted by Crippen LogP contribution is 2.35. The minimum atomic E-state index is -0.613. The van der Waals surface area contributed by atoms with Crippen molar-refractivity contribution >= 4 is 28.8 Å². The molecule has 2 heterocycles. The first-order chi connectivity index (χ1) is 12.4. The molecule has 134 valence electrons. The molecule has 0 radical (unpaired) electrons. The number of aromatic nitrogens is 2. The molecular formula is C18H16ClN3O4. The number of aryl methyl sites for hydroxylation is 1. The minimum Gasteiger partial charge on any atom is -0.495 e. The number of rotatable bonds is 4. The van der Waals surface area contributed by atoms with Crippen LogP contribution in [0.1, 0.15) is 15.9 Å². The smallest absolute Gasteiger partial charge is 0.270 e. The molecule has 0 aliphatic heterocycles. The summed E-state index contributed by atoms with van der Waals surface area (Å²) in [6.45, 7) is 1.85. The minimum absolute atomic E-state index is 0.0953. The molecule has 7 nitrogen and oxygen atoms in total. The van der Waals surface area contributed by atoms with E-state index in [1.165, 1.54) is 30.9 Å². The van der Waals surface area contributed by atoms with Crippen molar-refractivity contribution in [2.24, 2.45) is 0 Å². The molecule has 1 N–H and O–H groups in total. The van der Waals surface area contributed by atoms with E-state index in [1.807, 2.05) is 13.0 Å². The third-order valence-electron chi connectivity index (χ3n) is 3.82. The molecule has 3 rings (SSSR count). The van der Waals surface area contributed by atoms with Gasteiger partial charge in [0.15, 0.2) is 0 Å². The topological polar surface area (TPSA) is 81.9 Å². The van der Waals surface area contributed by atoms with Gasteiger partial charge in [0, 0.05) is 18.5 Å². The van der Waals surface area contributed by atoms with Crippen molar-refractivity contribution in [1.29, 1.82) is 0 Å². The largest absolute Gasteiger partial charge is 0.495 e. The van der Waals surface area contributed by atoms with Crippen molar-refractivity contribution < 1.29 is 14.3 Å². The second-order valence-electron chi connectivity index (χ2n) is 5.55. The van der Waals surface area contributed by atoms with Crippen LogP contribution < -0.4 is 20.3 Å². The molecule has 0 unspecified atom stereocenters. The number of nitrogens with one attached hydrogen (secondary N) is 1. The molecule has 0 aliphatic rings. The number of anilines is 1.